The maximum absolute atomic E-state index is 13.3. The average Bonchev–Trinajstić information content (AvgIpc) is 3.34. The largest absolute Gasteiger partial charge is 0.396 e. The highest BCUT2D eigenvalue weighted by atomic mass is 19.2. The van der Waals surface area contributed by atoms with Crippen molar-refractivity contribution < 1.29 is 18.7 Å². The highest BCUT2D eigenvalue weighted by Crippen LogP contribution is 2.48. The summed E-state index contributed by atoms with van der Waals surface area (Å²) in [6.45, 7) is 0.0994. The van der Waals surface area contributed by atoms with E-state index >= 15 is 0 Å². The van der Waals surface area contributed by atoms with E-state index in [0.717, 1.165) is 38.2 Å². The summed E-state index contributed by atoms with van der Waals surface area (Å²) >= 11 is 0. The van der Waals surface area contributed by atoms with Gasteiger partial charge in [-0.1, -0.05) is 25.3 Å². The summed E-state index contributed by atoms with van der Waals surface area (Å²) in [5.74, 6) is -1.81. The molecule has 2 aliphatic rings. The monoisotopic (exact) mass is 323 g/mol. The third-order valence-corrected chi connectivity index (χ3v) is 5.22. The predicted molar refractivity (Wildman–Crippen MR) is 82.8 cm³/mol. The second kappa shape index (κ2) is 6.95. The van der Waals surface area contributed by atoms with Gasteiger partial charge >= 0.3 is 0 Å². The maximum Gasteiger partial charge on any atom is 0.223 e. The number of carbonyl (C=O) groups is 1. The lowest BCUT2D eigenvalue weighted by molar-refractivity contribution is -0.123. The molecule has 23 heavy (non-hydrogen) atoms. The third kappa shape index (κ3) is 3.71. The van der Waals surface area contributed by atoms with E-state index in [1.54, 1.807) is 6.07 Å². The zero-order valence-electron chi connectivity index (χ0n) is 13.1. The first-order valence-electron chi connectivity index (χ1n) is 8.46. The van der Waals surface area contributed by atoms with Crippen LogP contribution in [0.5, 0.6) is 0 Å². The molecule has 0 bridgehead atoms. The normalized spacial score (nSPS) is 30.6. The quantitative estimate of drug-likeness (QED) is 0.837. The van der Waals surface area contributed by atoms with Crippen LogP contribution in [0.3, 0.4) is 0 Å². The van der Waals surface area contributed by atoms with Crippen molar-refractivity contribution in [2.24, 2.45) is 11.8 Å². The van der Waals surface area contributed by atoms with Crippen molar-refractivity contribution in [3.63, 3.8) is 0 Å². The summed E-state index contributed by atoms with van der Waals surface area (Å²) in [6, 6.07) is 3.89. The molecule has 2 fully saturated rings. The van der Waals surface area contributed by atoms with Crippen LogP contribution >= 0.6 is 0 Å². The molecule has 3 nitrogen and oxygen atoms in total. The molecule has 2 N–H and O–H groups in total. The van der Waals surface area contributed by atoms with Gasteiger partial charge in [0.15, 0.2) is 11.6 Å². The summed E-state index contributed by atoms with van der Waals surface area (Å²) in [7, 11) is 0. The van der Waals surface area contributed by atoms with Crippen molar-refractivity contribution in [1.29, 1.82) is 0 Å². The van der Waals surface area contributed by atoms with Crippen molar-refractivity contribution >= 4 is 5.91 Å². The number of benzene rings is 1. The number of aliphatic hydroxyl groups excluding tert-OH is 1. The fourth-order valence-corrected chi connectivity index (χ4v) is 3.68. The molecule has 4 unspecified atom stereocenters. The van der Waals surface area contributed by atoms with Gasteiger partial charge in [-0.3, -0.25) is 4.79 Å². The van der Waals surface area contributed by atoms with Crippen LogP contribution in [0.4, 0.5) is 8.78 Å². The summed E-state index contributed by atoms with van der Waals surface area (Å²) in [4.78, 5) is 12.4. The molecule has 0 aliphatic heterocycles. The number of hydrogen-bond acceptors (Lipinski definition) is 2. The fraction of sp³-hybridized carbons (Fsp3) is 0.611. The SMILES string of the molecule is O=C(NC1CCCCCC1CO)C1CC1c1ccc(F)c(F)c1. The minimum Gasteiger partial charge on any atom is -0.396 e. The average molecular weight is 323 g/mol. The Hall–Kier alpha value is -1.49. The molecular weight excluding hydrogens is 300 g/mol. The molecule has 126 valence electrons. The number of amides is 1. The molecule has 4 atom stereocenters. The molecule has 0 saturated heterocycles. The first kappa shape index (κ1) is 16.4. The first-order valence-corrected chi connectivity index (χ1v) is 8.46. The van der Waals surface area contributed by atoms with Crippen molar-refractivity contribution in [1.82, 2.24) is 5.32 Å². The molecule has 1 aromatic carbocycles. The van der Waals surface area contributed by atoms with E-state index in [1.807, 2.05) is 0 Å². The van der Waals surface area contributed by atoms with E-state index in [0.29, 0.717) is 12.0 Å². The van der Waals surface area contributed by atoms with Gasteiger partial charge < -0.3 is 10.4 Å². The molecule has 0 aromatic heterocycles. The van der Waals surface area contributed by atoms with Crippen LogP contribution in [0.25, 0.3) is 0 Å². The molecule has 2 aliphatic carbocycles. The van der Waals surface area contributed by atoms with Gasteiger partial charge in [0, 0.05) is 24.5 Å². The molecule has 1 amide bonds. The van der Waals surface area contributed by atoms with Crippen LogP contribution in [0.2, 0.25) is 0 Å². The van der Waals surface area contributed by atoms with Crippen molar-refractivity contribution in [2.75, 3.05) is 6.61 Å². The van der Waals surface area contributed by atoms with Gasteiger partial charge in [-0.15, -0.1) is 0 Å². The van der Waals surface area contributed by atoms with Gasteiger partial charge in [-0.05, 0) is 42.9 Å². The number of aliphatic hydroxyl groups is 1. The Bertz CT molecular complexity index is 578. The zero-order chi connectivity index (χ0) is 16.4. The van der Waals surface area contributed by atoms with Crippen LogP contribution in [-0.2, 0) is 4.79 Å². The van der Waals surface area contributed by atoms with Gasteiger partial charge in [-0.25, -0.2) is 8.78 Å². The summed E-state index contributed by atoms with van der Waals surface area (Å²) in [5.41, 5.74) is 0.684. The fourth-order valence-electron chi connectivity index (χ4n) is 3.68. The maximum atomic E-state index is 13.3. The third-order valence-electron chi connectivity index (χ3n) is 5.22. The second-order valence-electron chi connectivity index (χ2n) is 6.82. The van der Waals surface area contributed by atoms with E-state index in [1.165, 1.54) is 6.07 Å². The Balaban J connectivity index is 1.60. The number of hydrogen-bond donors (Lipinski definition) is 2. The lowest BCUT2D eigenvalue weighted by Gasteiger charge is -2.24. The standard InChI is InChI=1S/C18H23F2NO2/c19-15-7-6-11(8-16(15)20)13-9-14(13)18(23)21-17-5-3-1-2-4-12(17)10-22/h6-8,12-14,17,22H,1-5,9-10H2,(H,21,23). The van der Waals surface area contributed by atoms with Crippen LogP contribution < -0.4 is 5.32 Å². The minimum absolute atomic E-state index is 0.0231. The Morgan fingerprint density at radius 2 is 1.96 bits per heavy atom. The van der Waals surface area contributed by atoms with Crippen molar-refractivity contribution in [2.45, 2.75) is 50.5 Å². The van der Waals surface area contributed by atoms with E-state index in [-0.39, 0.29) is 36.3 Å². The Labute approximate surface area is 135 Å². The van der Waals surface area contributed by atoms with Crippen molar-refractivity contribution in [3.05, 3.63) is 35.4 Å². The van der Waals surface area contributed by atoms with Crippen LogP contribution in [-0.4, -0.2) is 23.7 Å². The van der Waals surface area contributed by atoms with Crippen molar-refractivity contribution in [3.8, 4) is 0 Å². The predicted octanol–water partition coefficient (Wildman–Crippen LogP) is 3.13. The highest BCUT2D eigenvalue weighted by molar-refractivity contribution is 5.83. The number of halogens is 2. The van der Waals surface area contributed by atoms with E-state index < -0.39 is 11.6 Å². The zero-order valence-corrected chi connectivity index (χ0v) is 13.1. The minimum atomic E-state index is -0.863. The van der Waals surface area contributed by atoms with Crippen LogP contribution in [0, 0.1) is 23.5 Å². The van der Waals surface area contributed by atoms with Crippen LogP contribution in [0.15, 0.2) is 18.2 Å². The molecular formula is C18H23F2NO2. The Morgan fingerprint density at radius 3 is 2.70 bits per heavy atom. The molecule has 5 heteroatoms. The van der Waals surface area contributed by atoms with Gasteiger partial charge in [0.05, 0.1) is 0 Å². The molecule has 3 rings (SSSR count). The van der Waals surface area contributed by atoms with Gasteiger partial charge in [-0.2, -0.15) is 0 Å². The number of carbonyl (C=O) groups excluding carboxylic acids is 1. The highest BCUT2D eigenvalue weighted by Gasteiger charge is 2.45. The summed E-state index contributed by atoms with van der Waals surface area (Å²) in [6.07, 6.45) is 5.83. The Kier molecular flexibility index (Phi) is 4.95. The summed E-state index contributed by atoms with van der Waals surface area (Å²) < 4.78 is 26.3. The summed E-state index contributed by atoms with van der Waals surface area (Å²) in [5, 5.41) is 12.6. The van der Waals surface area contributed by atoms with Gasteiger partial charge in [0.2, 0.25) is 5.91 Å². The molecule has 1 aromatic rings. The van der Waals surface area contributed by atoms with E-state index in [2.05, 4.69) is 5.32 Å². The molecule has 2 saturated carbocycles. The lowest BCUT2D eigenvalue weighted by Crippen LogP contribution is -2.42. The topological polar surface area (TPSA) is 49.3 Å². The molecule has 0 spiro atoms. The smallest absolute Gasteiger partial charge is 0.223 e. The number of rotatable bonds is 4. The number of nitrogens with one attached hydrogen (secondary N) is 1. The molecule has 0 heterocycles. The van der Waals surface area contributed by atoms with Crippen LogP contribution in [0.1, 0.15) is 50.0 Å². The van der Waals surface area contributed by atoms with Gasteiger partial charge in [0.1, 0.15) is 0 Å². The molecule has 0 radical (unpaired) electrons. The van der Waals surface area contributed by atoms with E-state index in [4.69, 9.17) is 0 Å². The van der Waals surface area contributed by atoms with Gasteiger partial charge in [0.25, 0.3) is 0 Å². The van der Waals surface area contributed by atoms with E-state index in [9.17, 15) is 18.7 Å². The first-order chi connectivity index (χ1) is 11.1. The Morgan fingerprint density at radius 1 is 1.17 bits per heavy atom. The lowest BCUT2D eigenvalue weighted by atomic mass is 9.95. The second-order valence-corrected chi connectivity index (χ2v) is 6.82.